The number of rotatable bonds is 4. The zero-order chi connectivity index (χ0) is 17.8. The van der Waals surface area contributed by atoms with Crippen molar-refractivity contribution in [3.63, 3.8) is 0 Å². The van der Waals surface area contributed by atoms with Crippen LogP contribution in [0.15, 0.2) is 42.5 Å². The van der Waals surface area contributed by atoms with Crippen molar-refractivity contribution in [3.05, 3.63) is 70.2 Å². The van der Waals surface area contributed by atoms with Crippen molar-refractivity contribution in [3.8, 4) is 0 Å². The van der Waals surface area contributed by atoms with Crippen molar-refractivity contribution in [1.29, 1.82) is 0 Å². The van der Waals surface area contributed by atoms with Gasteiger partial charge in [0.25, 0.3) is 5.91 Å². The number of nitrogens with one attached hydrogen (secondary N) is 1. The highest BCUT2D eigenvalue weighted by atomic mass is 35.5. The van der Waals surface area contributed by atoms with E-state index in [4.69, 9.17) is 11.6 Å². The predicted octanol–water partition coefficient (Wildman–Crippen LogP) is 4.01. The van der Waals surface area contributed by atoms with Crippen LogP contribution in [0.4, 0.5) is 8.78 Å². The number of amides is 1. The third kappa shape index (κ3) is 4.55. The molecule has 1 heterocycles. The molecule has 6 heteroatoms. The van der Waals surface area contributed by atoms with Gasteiger partial charge >= 0.3 is 0 Å². The number of nitrogens with zero attached hydrogens (tertiary/aromatic N) is 1. The topological polar surface area (TPSA) is 32.3 Å². The number of hydrogen-bond donors (Lipinski definition) is 1. The molecule has 3 rings (SSSR count). The fourth-order valence-electron chi connectivity index (χ4n) is 3.14. The van der Waals surface area contributed by atoms with Gasteiger partial charge in [0, 0.05) is 24.2 Å². The summed E-state index contributed by atoms with van der Waals surface area (Å²) in [5, 5.41) is 3.45. The second-order valence-corrected chi connectivity index (χ2v) is 6.71. The van der Waals surface area contributed by atoms with E-state index >= 15 is 0 Å². The smallest absolute Gasteiger partial charge is 0.257 e. The fraction of sp³-hybridized carbons (Fsp3) is 0.316. The highest BCUT2D eigenvalue weighted by Gasteiger charge is 2.24. The molecule has 132 valence electrons. The minimum absolute atomic E-state index is 0.132. The summed E-state index contributed by atoms with van der Waals surface area (Å²) in [6, 6.07) is 10.9. The molecule has 2 aromatic rings. The summed E-state index contributed by atoms with van der Waals surface area (Å²) in [6.07, 6.45) is 1.71. The first-order valence-corrected chi connectivity index (χ1v) is 8.62. The highest BCUT2D eigenvalue weighted by Crippen LogP contribution is 2.17. The number of carbonyl (C=O) groups is 1. The van der Waals surface area contributed by atoms with Crippen molar-refractivity contribution >= 4 is 17.5 Å². The van der Waals surface area contributed by atoms with Crippen LogP contribution in [-0.4, -0.2) is 29.9 Å². The van der Waals surface area contributed by atoms with Gasteiger partial charge in [-0.15, -0.1) is 0 Å². The second-order valence-electron chi connectivity index (χ2n) is 6.27. The van der Waals surface area contributed by atoms with Gasteiger partial charge in [-0.25, -0.2) is 8.78 Å². The fourth-order valence-corrected chi connectivity index (χ4v) is 3.26. The zero-order valence-corrected chi connectivity index (χ0v) is 14.4. The van der Waals surface area contributed by atoms with E-state index in [9.17, 15) is 13.6 Å². The molecular weight excluding hydrogens is 346 g/mol. The molecule has 1 aliphatic heterocycles. The summed E-state index contributed by atoms with van der Waals surface area (Å²) >= 11 is 5.90. The molecule has 0 spiro atoms. The minimum atomic E-state index is -0.841. The average molecular weight is 365 g/mol. The molecule has 0 saturated carbocycles. The lowest BCUT2D eigenvalue weighted by Crippen LogP contribution is -2.47. The number of benzene rings is 2. The normalized spacial score (nSPS) is 18.1. The lowest BCUT2D eigenvalue weighted by Gasteiger charge is -2.33. The van der Waals surface area contributed by atoms with E-state index in [2.05, 4.69) is 10.2 Å². The second kappa shape index (κ2) is 7.93. The van der Waals surface area contributed by atoms with Gasteiger partial charge in [0.1, 0.15) is 17.2 Å². The van der Waals surface area contributed by atoms with Gasteiger partial charge in [-0.3, -0.25) is 9.69 Å². The summed E-state index contributed by atoms with van der Waals surface area (Å²) in [5.41, 5.74) is 0.619. The summed E-state index contributed by atoms with van der Waals surface area (Å²) in [4.78, 5) is 14.5. The van der Waals surface area contributed by atoms with Gasteiger partial charge < -0.3 is 5.32 Å². The number of hydrogen-bond acceptors (Lipinski definition) is 2. The molecule has 0 radical (unpaired) electrons. The summed E-state index contributed by atoms with van der Waals surface area (Å²) in [6.45, 7) is 2.31. The molecule has 2 aromatic carbocycles. The molecule has 0 bridgehead atoms. The van der Waals surface area contributed by atoms with Gasteiger partial charge in [-0.1, -0.05) is 29.8 Å². The Labute approximate surface area is 150 Å². The lowest BCUT2D eigenvalue weighted by atomic mass is 10.0. The standard InChI is InChI=1S/C19H19ClF2N2O/c20-14-8-6-13(7-9-14)11-24-10-2-3-15(12-24)23-19(25)18-16(21)4-1-5-17(18)22/h1,4-9,15H,2-3,10-12H2,(H,23,25)/t15-/m1/s1. The Hall–Kier alpha value is -1.98. The Kier molecular flexibility index (Phi) is 5.66. The monoisotopic (exact) mass is 364 g/mol. The van der Waals surface area contributed by atoms with E-state index in [1.165, 1.54) is 6.07 Å². The van der Waals surface area contributed by atoms with Gasteiger partial charge in [0.2, 0.25) is 0 Å². The van der Waals surface area contributed by atoms with E-state index < -0.39 is 23.1 Å². The molecule has 1 saturated heterocycles. The maximum atomic E-state index is 13.7. The van der Waals surface area contributed by atoms with Crippen LogP contribution in [-0.2, 0) is 6.54 Å². The number of likely N-dealkylation sites (tertiary alicyclic amines) is 1. The van der Waals surface area contributed by atoms with E-state index in [1.807, 2.05) is 24.3 Å². The first-order chi connectivity index (χ1) is 12.0. The van der Waals surface area contributed by atoms with Crippen LogP contribution >= 0.6 is 11.6 Å². The third-order valence-electron chi connectivity index (χ3n) is 4.35. The van der Waals surface area contributed by atoms with Gasteiger partial charge in [0.15, 0.2) is 0 Å². The van der Waals surface area contributed by atoms with Crippen LogP contribution in [0, 0.1) is 11.6 Å². The Bertz CT molecular complexity index is 731. The molecule has 1 atom stereocenters. The first-order valence-electron chi connectivity index (χ1n) is 8.24. The van der Waals surface area contributed by atoms with E-state index in [0.717, 1.165) is 43.6 Å². The molecule has 3 nitrogen and oxygen atoms in total. The quantitative estimate of drug-likeness (QED) is 0.889. The number of halogens is 3. The van der Waals surface area contributed by atoms with Crippen LogP contribution in [0.3, 0.4) is 0 Å². The van der Waals surface area contributed by atoms with Crippen LogP contribution in [0.5, 0.6) is 0 Å². The number of carbonyl (C=O) groups excluding carboxylic acids is 1. The Morgan fingerprint density at radius 3 is 2.52 bits per heavy atom. The molecule has 1 N–H and O–H groups in total. The van der Waals surface area contributed by atoms with Gasteiger partial charge in [-0.05, 0) is 49.2 Å². The molecule has 1 aliphatic rings. The van der Waals surface area contributed by atoms with Crippen molar-refractivity contribution in [1.82, 2.24) is 10.2 Å². The average Bonchev–Trinajstić information content (AvgIpc) is 2.57. The molecule has 0 aliphatic carbocycles. The third-order valence-corrected chi connectivity index (χ3v) is 4.60. The molecule has 1 fully saturated rings. The van der Waals surface area contributed by atoms with Crippen molar-refractivity contribution in [2.75, 3.05) is 13.1 Å². The summed E-state index contributed by atoms with van der Waals surface area (Å²) < 4.78 is 27.5. The van der Waals surface area contributed by atoms with E-state index in [0.29, 0.717) is 11.6 Å². The Balaban J connectivity index is 1.61. The van der Waals surface area contributed by atoms with Crippen molar-refractivity contribution in [2.24, 2.45) is 0 Å². The van der Waals surface area contributed by atoms with Crippen LogP contribution in [0.25, 0.3) is 0 Å². The van der Waals surface area contributed by atoms with Crippen LogP contribution in [0.2, 0.25) is 5.02 Å². The highest BCUT2D eigenvalue weighted by molar-refractivity contribution is 6.30. The van der Waals surface area contributed by atoms with E-state index in [-0.39, 0.29) is 6.04 Å². The first kappa shape index (κ1) is 17.8. The molecule has 25 heavy (non-hydrogen) atoms. The Morgan fingerprint density at radius 2 is 1.84 bits per heavy atom. The maximum Gasteiger partial charge on any atom is 0.257 e. The molecule has 0 unspecified atom stereocenters. The summed E-state index contributed by atoms with van der Waals surface area (Å²) in [5.74, 6) is -2.38. The SMILES string of the molecule is O=C(N[C@@H]1CCCN(Cc2ccc(Cl)cc2)C1)c1c(F)cccc1F. The predicted molar refractivity (Wildman–Crippen MR) is 93.6 cm³/mol. The van der Waals surface area contributed by atoms with Crippen molar-refractivity contribution < 1.29 is 13.6 Å². The molecule has 1 amide bonds. The van der Waals surface area contributed by atoms with Crippen LogP contribution in [0.1, 0.15) is 28.8 Å². The maximum absolute atomic E-state index is 13.7. The van der Waals surface area contributed by atoms with E-state index in [1.54, 1.807) is 0 Å². The van der Waals surface area contributed by atoms with Gasteiger partial charge in [0.05, 0.1) is 0 Å². The zero-order valence-electron chi connectivity index (χ0n) is 13.6. The minimum Gasteiger partial charge on any atom is -0.348 e. The largest absolute Gasteiger partial charge is 0.348 e. The molecule has 0 aromatic heterocycles. The Morgan fingerprint density at radius 1 is 1.16 bits per heavy atom. The lowest BCUT2D eigenvalue weighted by molar-refractivity contribution is 0.0892. The number of piperidine rings is 1. The summed E-state index contributed by atoms with van der Waals surface area (Å²) in [7, 11) is 0. The van der Waals surface area contributed by atoms with Gasteiger partial charge in [-0.2, -0.15) is 0 Å². The molecular formula is C19H19ClF2N2O. The van der Waals surface area contributed by atoms with Crippen LogP contribution < -0.4 is 5.32 Å². The van der Waals surface area contributed by atoms with Crippen molar-refractivity contribution in [2.45, 2.75) is 25.4 Å².